The molecule has 3 atom stereocenters. The summed E-state index contributed by atoms with van der Waals surface area (Å²) in [5.41, 5.74) is 2.45. The predicted molar refractivity (Wildman–Crippen MR) is 82.3 cm³/mol. The molecule has 2 saturated carbocycles. The molecule has 0 radical (unpaired) electrons. The molecule has 2 fully saturated rings. The molecule has 3 nitrogen and oxygen atoms in total. The van der Waals surface area contributed by atoms with Crippen LogP contribution in [0, 0.1) is 17.8 Å². The van der Waals surface area contributed by atoms with Gasteiger partial charge in [-0.2, -0.15) is 0 Å². The minimum Gasteiger partial charge on any atom is -0.316 e. The maximum atomic E-state index is 4.58. The lowest BCUT2D eigenvalue weighted by Crippen LogP contribution is -2.28. The number of aromatic nitrogens is 1. The van der Waals surface area contributed by atoms with E-state index in [9.17, 15) is 0 Å². The summed E-state index contributed by atoms with van der Waals surface area (Å²) in [6.07, 6.45) is 7.97. The van der Waals surface area contributed by atoms with Crippen molar-refractivity contribution in [3.05, 3.63) is 29.6 Å². The zero-order chi connectivity index (χ0) is 13.9. The molecule has 1 aromatic rings. The van der Waals surface area contributed by atoms with Crippen LogP contribution >= 0.6 is 0 Å². The summed E-state index contributed by atoms with van der Waals surface area (Å²) < 4.78 is 0. The van der Waals surface area contributed by atoms with Crippen LogP contribution in [0.25, 0.3) is 0 Å². The Morgan fingerprint density at radius 2 is 2.20 bits per heavy atom. The normalized spacial score (nSPS) is 28.4. The van der Waals surface area contributed by atoms with Crippen LogP contribution in [-0.2, 0) is 13.1 Å². The Bertz CT molecular complexity index is 428. The molecule has 0 saturated heterocycles. The van der Waals surface area contributed by atoms with Crippen LogP contribution in [0.3, 0.4) is 0 Å². The van der Waals surface area contributed by atoms with Crippen LogP contribution in [0.4, 0.5) is 0 Å². The monoisotopic (exact) mass is 273 g/mol. The number of rotatable bonds is 6. The molecule has 3 heteroatoms. The fourth-order valence-electron chi connectivity index (χ4n) is 4.20. The van der Waals surface area contributed by atoms with Crippen LogP contribution in [0.5, 0.6) is 0 Å². The molecule has 110 valence electrons. The number of pyridine rings is 1. The van der Waals surface area contributed by atoms with Gasteiger partial charge in [0.25, 0.3) is 0 Å². The third-order valence-corrected chi connectivity index (χ3v) is 5.13. The van der Waals surface area contributed by atoms with E-state index in [1.54, 1.807) is 0 Å². The van der Waals surface area contributed by atoms with Gasteiger partial charge < -0.3 is 10.2 Å². The van der Waals surface area contributed by atoms with Gasteiger partial charge in [-0.1, -0.05) is 12.5 Å². The zero-order valence-electron chi connectivity index (χ0n) is 12.8. The van der Waals surface area contributed by atoms with Gasteiger partial charge in [-0.25, -0.2) is 0 Å². The highest BCUT2D eigenvalue weighted by Gasteiger charge is 2.39. The van der Waals surface area contributed by atoms with E-state index in [1.807, 2.05) is 13.2 Å². The molecule has 0 spiro atoms. The first-order valence-corrected chi connectivity index (χ1v) is 8.01. The largest absolute Gasteiger partial charge is 0.316 e. The van der Waals surface area contributed by atoms with E-state index in [2.05, 4.69) is 34.4 Å². The summed E-state index contributed by atoms with van der Waals surface area (Å²) in [4.78, 5) is 7.04. The summed E-state index contributed by atoms with van der Waals surface area (Å²) in [6, 6.07) is 4.36. The Kier molecular flexibility index (Phi) is 4.37. The maximum Gasteiger partial charge on any atom is 0.0544 e. The molecule has 1 heterocycles. The van der Waals surface area contributed by atoms with Crippen molar-refractivity contribution in [2.45, 2.75) is 38.8 Å². The molecule has 2 bridgehead atoms. The molecule has 3 rings (SSSR count). The van der Waals surface area contributed by atoms with E-state index < -0.39 is 0 Å². The predicted octanol–water partition coefficient (Wildman–Crippen LogP) is 2.67. The topological polar surface area (TPSA) is 28.2 Å². The van der Waals surface area contributed by atoms with Crippen molar-refractivity contribution in [1.82, 2.24) is 15.2 Å². The lowest BCUT2D eigenvalue weighted by atomic mass is 9.88. The van der Waals surface area contributed by atoms with E-state index in [0.717, 1.165) is 30.8 Å². The van der Waals surface area contributed by atoms with Crippen LogP contribution in [0.2, 0.25) is 0 Å². The lowest BCUT2D eigenvalue weighted by molar-refractivity contribution is 0.213. The van der Waals surface area contributed by atoms with Crippen molar-refractivity contribution >= 4 is 0 Å². The van der Waals surface area contributed by atoms with Gasteiger partial charge in [0.1, 0.15) is 0 Å². The summed E-state index contributed by atoms with van der Waals surface area (Å²) in [6.45, 7) is 3.13. The van der Waals surface area contributed by atoms with Crippen molar-refractivity contribution in [2.75, 3.05) is 20.6 Å². The maximum absolute atomic E-state index is 4.58. The second-order valence-electron chi connectivity index (χ2n) is 6.82. The first-order valence-electron chi connectivity index (χ1n) is 8.01. The van der Waals surface area contributed by atoms with Crippen molar-refractivity contribution < 1.29 is 0 Å². The smallest absolute Gasteiger partial charge is 0.0544 e. The summed E-state index contributed by atoms with van der Waals surface area (Å²) >= 11 is 0. The lowest BCUT2D eigenvalue weighted by Gasteiger charge is -2.27. The second-order valence-corrected chi connectivity index (χ2v) is 6.82. The van der Waals surface area contributed by atoms with Gasteiger partial charge in [-0.15, -0.1) is 0 Å². The highest BCUT2D eigenvalue weighted by molar-refractivity contribution is 5.13. The quantitative estimate of drug-likeness (QED) is 0.863. The van der Waals surface area contributed by atoms with Crippen LogP contribution < -0.4 is 5.32 Å². The van der Waals surface area contributed by atoms with Crippen molar-refractivity contribution in [3.63, 3.8) is 0 Å². The van der Waals surface area contributed by atoms with Gasteiger partial charge in [0.2, 0.25) is 0 Å². The molecule has 20 heavy (non-hydrogen) atoms. The highest BCUT2D eigenvalue weighted by atomic mass is 15.1. The molecule has 1 N–H and O–H groups in total. The number of hydrogen-bond donors (Lipinski definition) is 1. The highest BCUT2D eigenvalue weighted by Crippen LogP contribution is 2.48. The van der Waals surface area contributed by atoms with Crippen LogP contribution in [-0.4, -0.2) is 30.5 Å². The van der Waals surface area contributed by atoms with Crippen LogP contribution in [0.15, 0.2) is 18.3 Å². The average molecular weight is 273 g/mol. The Morgan fingerprint density at radius 3 is 2.80 bits per heavy atom. The van der Waals surface area contributed by atoms with Gasteiger partial charge in [0.05, 0.1) is 5.69 Å². The van der Waals surface area contributed by atoms with Crippen LogP contribution in [0.1, 0.15) is 36.9 Å². The van der Waals surface area contributed by atoms with E-state index in [4.69, 9.17) is 0 Å². The Morgan fingerprint density at radius 1 is 1.30 bits per heavy atom. The summed E-state index contributed by atoms with van der Waals surface area (Å²) in [7, 11) is 4.21. The molecule has 3 unspecified atom stereocenters. The van der Waals surface area contributed by atoms with E-state index >= 15 is 0 Å². The fraction of sp³-hybridized carbons (Fsp3) is 0.706. The molecular weight excluding hydrogens is 246 g/mol. The van der Waals surface area contributed by atoms with Gasteiger partial charge in [0, 0.05) is 25.8 Å². The molecule has 0 aliphatic heterocycles. The Hall–Kier alpha value is -0.930. The third-order valence-electron chi connectivity index (χ3n) is 5.13. The van der Waals surface area contributed by atoms with E-state index in [1.165, 1.54) is 43.5 Å². The van der Waals surface area contributed by atoms with E-state index in [-0.39, 0.29) is 0 Å². The molecular formula is C17H27N3. The SMILES string of the molecule is CNCc1ccc(CN(C)CC2CC3CCC2C3)nc1. The Balaban J connectivity index is 1.49. The van der Waals surface area contributed by atoms with Crippen molar-refractivity contribution in [2.24, 2.45) is 17.8 Å². The van der Waals surface area contributed by atoms with Gasteiger partial charge >= 0.3 is 0 Å². The van der Waals surface area contributed by atoms with Gasteiger partial charge in [-0.05, 0) is 62.7 Å². The first-order chi connectivity index (χ1) is 9.74. The molecule has 0 amide bonds. The average Bonchev–Trinajstić information content (AvgIpc) is 3.03. The van der Waals surface area contributed by atoms with Crippen molar-refractivity contribution in [3.8, 4) is 0 Å². The van der Waals surface area contributed by atoms with E-state index in [0.29, 0.717) is 0 Å². The van der Waals surface area contributed by atoms with Gasteiger partial charge in [0.15, 0.2) is 0 Å². The fourth-order valence-corrected chi connectivity index (χ4v) is 4.20. The zero-order valence-corrected chi connectivity index (χ0v) is 12.8. The molecule has 2 aliphatic rings. The third kappa shape index (κ3) is 3.21. The number of fused-ring (bicyclic) bond motifs is 2. The minimum atomic E-state index is 0.897. The molecule has 2 aliphatic carbocycles. The summed E-state index contributed by atoms with van der Waals surface area (Å²) in [5, 5.41) is 3.16. The number of hydrogen-bond acceptors (Lipinski definition) is 3. The number of nitrogens with zero attached hydrogens (tertiary/aromatic N) is 2. The standard InChI is InChI=1S/C17H27N3/c1-18-9-14-4-6-17(19-10-14)12-20(2)11-16-8-13-3-5-15(16)7-13/h4,6,10,13,15-16,18H,3,5,7-9,11-12H2,1-2H3. The molecule has 0 aromatic carbocycles. The minimum absolute atomic E-state index is 0.897. The van der Waals surface area contributed by atoms with Crippen molar-refractivity contribution in [1.29, 1.82) is 0 Å². The number of nitrogens with one attached hydrogen (secondary N) is 1. The first kappa shape index (κ1) is 14.0. The van der Waals surface area contributed by atoms with Gasteiger partial charge in [-0.3, -0.25) is 4.98 Å². The molecule has 1 aromatic heterocycles. The summed E-state index contributed by atoms with van der Waals surface area (Å²) in [5.74, 6) is 3.02. The Labute approximate surface area is 122 Å². The second kappa shape index (κ2) is 6.23.